The van der Waals surface area contributed by atoms with Crippen molar-refractivity contribution in [2.45, 2.75) is 52.1 Å². The Kier molecular flexibility index (Phi) is 4.55. The predicted molar refractivity (Wildman–Crippen MR) is 77.1 cm³/mol. The van der Waals surface area contributed by atoms with Gasteiger partial charge in [-0.05, 0) is 43.2 Å². The Morgan fingerprint density at radius 2 is 2.00 bits per heavy atom. The number of rotatable bonds is 4. The molecule has 1 aliphatic rings. The van der Waals surface area contributed by atoms with Gasteiger partial charge in [0.25, 0.3) is 0 Å². The monoisotopic (exact) mass is 294 g/mol. The van der Waals surface area contributed by atoms with E-state index in [0.717, 1.165) is 25.7 Å². The molecule has 3 N–H and O–H groups in total. The third-order valence-electron chi connectivity index (χ3n) is 3.97. The molecule has 1 aromatic heterocycles. The zero-order chi connectivity index (χ0) is 15.5. The molecule has 0 radical (unpaired) electrons. The molecule has 1 aliphatic carbocycles. The van der Waals surface area contributed by atoms with Crippen molar-refractivity contribution >= 4 is 12.0 Å². The Morgan fingerprint density at radius 3 is 2.57 bits per heavy atom. The van der Waals surface area contributed by atoms with Crippen molar-refractivity contribution in [1.82, 2.24) is 10.6 Å². The smallest absolute Gasteiger partial charge is 0.371 e. The lowest BCUT2D eigenvalue weighted by Crippen LogP contribution is -2.44. The molecular formula is C15H22N2O4. The minimum Gasteiger partial charge on any atom is -0.475 e. The van der Waals surface area contributed by atoms with Crippen LogP contribution in [0.25, 0.3) is 0 Å². The Bertz CT molecular complexity index is 511. The lowest BCUT2D eigenvalue weighted by Gasteiger charge is -2.34. The molecule has 0 atom stereocenters. The van der Waals surface area contributed by atoms with Crippen LogP contribution in [0.3, 0.4) is 0 Å². The van der Waals surface area contributed by atoms with Crippen molar-refractivity contribution in [3.8, 4) is 0 Å². The number of amides is 2. The van der Waals surface area contributed by atoms with E-state index in [4.69, 9.17) is 9.52 Å². The van der Waals surface area contributed by atoms with Gasteiger partial charge in [0, 0.05) is 6.04 Å². The van der Waals surface area contributed by atoms with Crippen LogP contribution >= 0.6 is 0 Å². The van der Waals surface area contributed by atoms with E-state index in [1.807, 2.05) is 0 Å². The average molecular weight is 294 g/mol. The summed E-state index contributed by atoms with van der Waals surface area (Å²) in [6.45, 7) is 4.68. The molecule has 21 heavy (non-hydrogen) atoms. The summed E-state index contributed by atoms with van der Waals surface area (Å²) in [6.07, 6.45) is 4.20. The molecule has 0 bridgehead atoms. The van der Waals surface area contributed by atoms with E-state index in [2.05, 4.69) is 24.5 Å². The molecule has 1 fully saturated rings. The highest BCUT2D eigenvalue weighted by atomic mass is 16.4. The molecule has 0 aliphatic heterocycles. The standard InChI is InChI=1S/C15H22N2O4/c1-15(2)7-5-10(6-8-15)17-14(20)16-9-11-3-4-12(21-11)13(18)19/h3-4,10H,5-9H2,1-2H3,(H,18,19)(H2,16,17,20). The first-order chi connectivity index (χ1) is 9.85. The first-order valence-electron chi connectivity index (χ1n) is 7.22. The molecule has 2 amide bonds. The van der Waals surface area contributed by atoms with Gasteiger partial charge in [-0.25, -0.2) is 9.59 Å². The number of carboxylic acid groups (broad SMARTS) is 1. The molecule has 0 saturated heterocycles. The molecule has 6 heteroatoms. The van der Waals surface area contributed by atoms with E-state index in [0.29, 0.717) is 11.2 Å². The summed E-state index contributed by atoms with van der Waals surface area (Å²) in [5.41, 5.74) is 0.371. The number of nitrogens with one attached hydrogen (secondary N) is 2. The Hall–Kier alpha value is -1.98. The number of carbonyl (C=O) groups is 2. The van der Waals surface area contributed by atoms with E-state index in [-0.39, 0.29) is 24.4 Å². The van der Waals surface area contributed by atoms with Gasteiger partial charge in [0.1, 0.15) is 5.76 Å². The largest absolute Gasteiger partial charge is 0.475 e. The van der Waals surface area contributed by atoms with Gasteiger partial charge in [0.15, 0.2) is 0 Å². The summed E-state index contributed by atoms with van der Waals surface area (Å²) in [6, 6.07) is 2.89. The molecule has 0 spiro atoms. The number of carbonyl (C=O) groups excluding carboxylic acids is 1. The first kappa shape index (κ1) is 15.4. The average Bonchev–Trinajstić information content (AvgIpc) is 2.88. The molecule has 1 saturated carbocycles. The quantitative estimate of drug-likeness (QED) is 0.796. The highest BCUT2D eigenvalue weighted by molar-refractivity contribution is 5.84. The van der Waals surface area contributed by atoms with Crippen molar-refractivity contribution < 1.29 is 19.1 Å². The molecule has 2 rings (SSSR count). The van der Waals surface area contributed by atoms with Crippen LogP contribution in [0.15, 0.2) is 16.5 Å². The summed E-state index contributed by atoms with van der Waals surface area (Å²) < 4.78 is 5.07. The second-order valence-electron chi connectivity index (χ2n) is 6.34. The summed E-state index contributed by atoms with van der Waals surface area (Å²) in [5.74, 6) is -0.815. The molecule has 116 valence electrons. The minimum atomic E-state index is -1.12. The Labute approximate surface area is 123 Å². The van der Waals surface area contributed by atoms with E-state index in [1.165, 1.54) is 6.07 Å². The van der Waals surface area contributed by atoms with Gasteiger partial charge < -0.3 is 20.2 Å². The zero-order valence-electron chi connectivity index (χ0n) is 12.4. The lowest BCUT2D eigenvalue weighted by atomic mass is 9.76. The number of hydrogen-bond acceptors (Lipinski definition) is 3. The second kappa shape index (κ2) is 6.20. The third-order valence-corrected chi connectivity index (χ3v) is 3.97. The van der Waals surface area contributed by atoms with E-state index >= 15 is 0 Å². The van der Waals surface area contributed by atoms with Crippen LogP contribution in [-0.2, 0) is 6.54 Å². The van der Waals surface area contributed by atoms with Crippen LogP contribution in [-0.4, -0.2) is 23.1 Å². The maximum Gasteiger partial charge on any atom is 0.371 e. The first-order valence-corrected chi connectivity index (χ1v) is 7.22. The summed E-state index contributed by atoms with van der Waals surface area (Å²) >= 11 is 0. The lowest BCUT2D eigenvalue weighted by molar-refractivity contribution is 0.0660. The fourth-order valence-electron chi connectivity index (χ4n) is 2.54. The summed E-state index contributed by atoms with van der Waals surface area (Å²) in [7, 11) is 0. The van der Waals surface area contributed by atoms with Gasteiger partial charge >= 0.3 is 12.0 Å². The van der Waals surface area contributed by atoms with Gasteiger partial charge in [-0.2, -0.15) is 0 Å². The maximum absolute atomic E-state index is 11.8. The SMILES string of the molecule is CC1(C)CCC(NC(=O)NCc2ccc(C(=O)O)o2)CC1. The molecule has 6 nitrogen and oxygen atoms in total. The molecule has 0 unspecified atom stereocenters. The number of hydrogen-bond donors (Lipinski definition) is 3. The highest BCUT2D eigenvalue weighted by Crippen LogP contribution is 2.34. The van der Waals surface area contributed by atoms with Gasteiger partial charge in [0.2, 0.25) is 5.76 Å². The van der Waals surface area contributed by atoms with Crippen molar-refractivity contribution in [3.63, 3.8) is 0 Å². The van der Waals surface area contributed by atoms with Crippen LogP contribution in [0.2, 0.25) is 0 Å². The van der Waals surface area contributed by atoms with Crippen molar-refractivity contribution in [1.29, 1.82) is 0 Å². The van der Waals surface area contributed by atoms with Crippen LogP contribution in [0.5, 0.6) is 0 Å². The van der Waals surface area contributed by atoms with E-state index in [9.17, 15) is 9.59 Å². The van der Waals surface area contributed by atoms with Crippen molar-refractivity contribution in [2.24, 2.45) is 5.41 Å². The van der Waals surface area contributed by atoms with E-state index < -0.39 is 5.97 Å². The number of urea groups is 1. The summed E-state index contributed by atoms with van der Waals surface area (Å²) in [5, 5.41) is 14.4. The van der Waals surface area contributed by atoms with Gasteiger partial charge in [0.05, 0.1) is 6.54 Å². The van der Waals surface area contributed by atoms with Crippen LogP contribution < -0.4 is 10.6 Å². The van der Waals surface area contributed by atoms with E-state index in [1.54, 1.807) is 6.07 Å². The highest BCUT2D eigenvalue weighted by Gasteiger charge is 2.27. The minimum absolute atomic E-state index is 0.123. The zero-order valence-corrected chi connectivity index (χ0v) is 12.4. The molecule has 0 aromatic carbocycles. The van der Waals surface area contributed by atoms with Crippen LogP contribution in [0, 0.1) is 5.41 Å². The molecular weight excluding hydrogens is 272 g/mol. The molecule has 1 aromatic rings. The third kappa shape index (κ3) is 4.51. The van der Waals surface area contributed by atoms with Crippen molar-refractivity contribution in [2.75, 3.05) is 0 Å². The number of aromatic carboxylic acids is 1. The van der Waals surface area contributed by atoms with Crippen LogP contribution in [0.1, 0.15) is 55.8 Å². The van der Waals surface area contributed by atoms with Crippen LogP contribution in [0.4, 0.5) is 4.79 Å². The normalized spacial score (nSPS) is 18.2. The Balaban J connectivity index is 1.73. The number of furan rings is 1. The molecule has 1 heterocycles. The Morgan fingerprint density at radius 1 is 1.33 bits per heavy atom. The fraction of sp³-hybridized carbons (Fsp3) is 0.600. The predicted octanol–water partition coefficient (Wildman–Crippen LogP) is 2.75. The topological polar surface area (TPSA) is 91.6 Å². The van der Waals surface area contributed by atoms with Gasteiger partial charge in [-0.1, -0.05) is 13.8 Å². The summed E-state index contributed by atoms with van der Waals surface area (Å²) in [4.78, 5) is 22.5. The van der Waals surface area contributed by atoms with Gasteiger partial charge in [-0.15, -0.1) is 0 Å². The number of carboxylic acids is 1. The fourth-order valence-corrected chi connectivity index (χ4v) is 2.54. The van der Waals surface area contributed by atoms with Crippen molar-refractivity contribution in [3.05, 3.63) is 23.7 Å². The second-order valence-corrected chi connectivity index (χ2v) is 6.34. The maximum atomic E-state index is 11.8. The van der Waals surface area contributed by atoms with Gasteiger partial charge in [-0.3, -0.25) is 0 Å².